The molecule has 0 aromatic heterocycles. The summed E-state index contributed by atoms with van der Waals surface area (Å²) in [5.74, 6) is -1.52. The van der Waals surface area contributed by atoms with E-state index in [9.17, 15) is 18.4 Å². The molecule has 0 N–H and O–H groups in total. The fourth-order valence-electron chi connectivity index (χ4n) is 3.00. The standard InChI is InChI=1S/C20H18BrF2NO3/c21-18-11-17(23)6-3-15(18)12-27-20(26)14-7-9-24(10-8-14)19(25)13-1-4-16(22)5-2-13/h1-6,11,14H,7-10,12H2. The summed E-state index contributed by atoms with van der Waals surface area (Å²) < 4.78 is 32.0. The summed E-state index contributed by atoms with van der Waals surface area (Å²) in [6, 6.07) is 9.62. The van der Waals surface area contributed by atoms with Crippen molar-refractivity contribution in [1.82, 2.24) is 4.90 Å². The number of esters is 1. The number of hydrogen-bond donors (Lipinski definition) is 0. The van der Waals surface area contributed by atoms with Crippen molar-refractivity contribution < 1.29 is 23.1 Å². The minimum Gasteiger partial charge on any atom is -0.461 e. The lowest BCUT2D eigenvalue weighted by Crippen LogP contribution is -2.40. The fraction of sp³-hybridized carbons (Fsp3) is 0.300. The van der Waals surface area contributed by atoms with Crippen molar-refractivity contribution in [3.8, 4) is 0 Å². The number of carbonyl (C=O) groups is 2. The Morgan fingerprint density at radius 1 is 1.04 bits per heavy atom. The first-order valence-corrected chi connectivity index (χ1v) is 9.39. The maximum atomic E-state index is 13.1. The highest BCUT2D eigenvalue weighted by Crippen LogP contribution is 2.23. The van der Waals surface area contributed by atoms with Crippen LogP contribution in [0.4, 0.5) is 8.78 Å². The van der Waals surface area contributed by atoms with Gasteiger partial charge in [0.1, 0.15) is 18.2 Å². The van der Waals surface area contributed by atoms with Crippen LogP contribution in [0.15, 0.2) is 46.9 Å². The second kappa shape index (κ2) is 8.61. The molecule has 0 saturated carbocycles. The lowest BCUT2D eigenvalue weighted by molar-refractivity contribution is -0.151. The van der Waals surface area contributed by atoms with Gasteiger partial charge in [0, 0.05) is 28.7 Å². The molecule has 0 radical (unpaired) electrons. The van der Waals surface area contributed by atoms with Crippen LogP contribution in [-0.2, 0) is 16.1 Å². The third-order valence-electron chi connectivity index (χ3n) is 4.59. The van der Waals surface area contributed by atoms with E-state index in [0.717, 1.165) is 0 Å². The van der Waals surface area contributed by atoms with E-state index in [4.69, 9.17) is 4.74 Å². The van der Waals surface area contributed by atoms with E-state index in [0.29, 0.717) is 41.5 Å². The monoisotopic (exact) mass is 437 g/mol. The van der Waals surface area contributed by atoms with Gasteiger partial charge >= 0.3 is 5.97 Å². The summed E-state index contributed by atoms with van der Waals surface area (Å²) in [4.78, 5) is 26.4. The molecule has 1 heterocycles. The van der Waals surface area contributed by atoms with Crippen LogP contribution in [0.2, 0.25) is 0 Å². The summed E-state index contributed by atoms with van der Waals surface area (Å²) >= 11 is 3.24. The zero-order valence-corrected chi connectivity index (χ0v) is 16.0. The molecule has 2 aromatic carbocycles. The highest BCUT2D eigenvalue weighted by atomic mass is 79.9. The molecule has 1 amide bonds. The van der Waals surface area contributed by atoms with Gasteiger partial charge in [0.05, 0.1) is 5.92 Å². The van der Waals surface area contributed by atoms with Gasteiger partial charge in [0.25, 0.3) is 5.91 Å². The summed E-state index contributed by atoms with van der Waals surface area (Å²) in [7, 11) is 0. The molecule has 1 aliphatic rings. The predicted octanol–water partition coefficient (Wildman–Crippen LogP) is 4.32. The second-order valence-electron chi connectivity index (χ2n) is 6.42. The summed E-state index contributed by atoms with van der Waals surface area (Å²) in [5, 5.41) is 0. The van der Waals surface area contributed by atoms with Crippen molar-refractivity contribution >= 4 is 27.8 Å². The first-order chi connectivity index (χ1) is 12.9. The van der Waals surface area contributed by atoms with E-state index in [1.54, 1.807) is 11.0 Å². The predicted molar refractivity (Wildman–Crippen MR) is 98.9 cm³/mol. The Morgan fingerprint density at radius 3 is 2.30 bits per heavy atom. The van der Waals surface area contributed by atoms with Crippen molar-refractivity contribution in [3.05, 3.63) is 69.7 Å². The normalized spacial score (nSPS) is 14.9. The van der Waals surface area contributed by atoms with E-state index in [1.807, 2.05) is 0 Å². The highest BCUT2D eigenvalue weighted by molar-refractivity contribution is 9.10. The van der Waals surface area contributed by atoms with Crippen LogP contribution in [0.5, 0.6) is 0 Å². The molecule has 1 aliphatic heterocycles. The number of piperidine rings is 1. The average molecular weight is 438 g/mol. The number of nitrogens with zero attached hydrogens (tertiary/aromatic N) is 1. The SMILES string of the molecule is O=C(OCc1ccc(F)cc1Br)C1CCN(C(=O)c2ccc(F)cc2)CC1. The lowest BCUT2D eigenvalue weighted by Gasteiger charge is -2.31. The fourth-order valence-corrected chi connectivity index (χ4v) is 3.46. The number of likely N-dealkylation sites (tertiary alicyclic amines) is 1. The Balaban J connectivity index is 1.50. The molecule has 3 rings (SSSR count). The Labute approximate surface area is 164 Å². The number of rotatable bonds is 4. The maximum absolute atomic E-state index is 13.1. The number of hydrogen-bond acceptors (Lipinski definition) is 3. The molecule has 1 saturated heterocycles. The van der Waals surface area contributed by atoms with Crippen molar-refractivity contribution in [3.63, 3.8) is 0 Å². The van der Waals surface area contributed by atoms with Gasteiger partial charge in [-0.1, -0.05) is 22.0 Å². The third kappa shape index (κ3) is 4.91. The maximum Gasteiger partial charge on any atom is 0.309 e. The van der Waals surface area contributed by atoms with Gasteiger partial charge < -0.3 is 9.64 Å². The largest absolute Gasteiger partial charge is 0.461 e. The van der Waals surface area contributed by atoms with Crippen LogP contribution in [0.1, 0.15) is 28.8 Å². The van der Waals surface area contributed by atoms with Crippen LogP contribution >= 0.6 is 15.9 Å². The summed E-state index contributed by atoms with van der Waals surface area (Å²) in [6.45, 7) is 0.945. The lowest BCUT2D eigenvalue weighted by atomic mass is 9.96. The molecule has 0 aliphatic carbocycles. The molecule has 0 atom stereocenters. The van der Waals surface area contributed by atoms with E-state index >= 15 is 0 Å². The Hall–Kier alpha value is -2.28. The Kier molecular flexibility index (Phi) is 6.21. The molecule has 4 nitrogen and oxygen atoms in total. The zero-order valence-electron chi connectivity index (χ0n) is 14.5. The van der Waals surface area contributed by atoms with Gasteiger partial charge in [-0.15, -0.1) is 0 Å². The number of amides is 1. The van der Waals surface area contributed by atoms with Gasteiger partial charge in [-0.25, -0.2) is 8.78 Å². The molecule has 1 fully saturated rings. The van der Waals surface area contributed by atoms with Crippen LogP contribution in [0.25, 0.3) is 0 Å². The van der Waals surface area contributed by atoms with Crippen LogP contribution in [0.3, 0.4) is 0 Å². The van der Waals surface area contributed by atoms with Crippen molar-refractivity contribution in [1.29, 1.82) is 0 Å². The van der Waals surface area contributed by atoms with E-state index < -0.39 is 0 Å². The first kappa shape index (κ1) is 19.5. The molecule has 142 valence electrons. The molecule has 0 bridgehead atoms. The minimum atomic E-state index is -0.388. The van der Waals surface area contributed by atoms with Crippen LogP contribution < -0.4 is 0 Å². The second-order valence-corrected chi connectivity index (χ2v) is 7.27. The van der Waals surface area contributed by atoms with Gasteiger partial charge in [-0.2, -0.15) is 0 Å². The first-order valence-electron chi connectivity index (χ1n) is 8.59. The minimum absolute atomic E-state index is 0.0639. The summed E-state index contributed by atoms with van der Waals surface area (Å²) in [6.07, 6.45) is 1.02. The summed E-state index contributed by atoms with van der Waals surface area (Å²) in [5.41, 5.74) is 1.12. The van der Waals surface area contributed by atoms with E-state index in [1.165, 1.54) is 36.4 Å². The molecule has 2 aromatic rings. The van der Waals surface area contributed by atoms with Crippen LogP contribution in [-0.4, -0.2) is 29.9 Å². The molecular weight excluding hydrogens is 420 g/mol. The number of carbonyl (C=O) groups excluding carboxylic acids is 2. The Bertz CT molecular complexity index is 834. The molecule has 0 spiro atoms. The number of benzene rings is 2. The third-order valence-corrected chi connectivity index (χ3v) is 5.33. The van der Waals surface area contributed by atoms with Crippen LogP contribution in [0, 0.1) is 17.6 Å². The highest BCUT2D eigenvalue weighted by Gasteiger charge is 2.29. The van der Waals surface area contributed by atoms with E-state index in [2.05, 4.69) is 15.9 Å². The van der Waals surface area contributed by atoms with Crippen molar-refractivity contribution in [2.24, 2.45) is 5.92 Å². The smallest absolute Gasteiger partial charge is 0.309 e. The number of ether oxygens (including phenoxy) is 1. The van der Waals surface area contributed by atoms with E-state index in [-0.39, 0.29) is 36.0 Å². The molecule has 0 unspecified atom stereocenters. The number of halogens is 3. The zero-order chi connectivity index (χ0) is 19.4. The molecule has 27 heavy (non-hydrogen) atoms. The quantitative estimate of drug-likeness (QED) is 0.669. The van der Waals surface area contributed by atoms with Gasteiger partial charge in [0.2, 0.25) is 0 Å². The van der Waals surface area contributed by atoms with Gasteiger partial charge in [-0.3, -0.25) is 9.59 Å². The van der Waals surface area contributed by atoms with Gasteiger partial charge in [0.15, 0.2) is 0 Å². The molecule has 7 heteroatoms. The van der Waals surface area contributed by atoms with Crippen molar-refractivity contribution in [2.45, 2.75) is 19.4 Å². The van der Waals surface area contributed by atoms with Gasteiger partial charge in [-0.05, 0) is 49.2 Å². The van der Waals surface area contributed by atoms with Crippen molar-refractivity contribution in [2.75, 3.05) is 13.1 Å². The Morgan fingerprint density at radius 2 is 1.67 bits per heavy atom. The molecular formula is C20H18BrF2NO3. The average Bonchev–Trinajstić information content (AvgIpc) is 2.67. The topological polar surface area (TPSA) is 46.6 Å².